The number of aromatic nitrogens is 1. The number of hydrogen-bond donors (Lipinski definition) is 8. The van der Waals surface area contributed by atoms with Gasteiger partial charge in [0.1, 0.15) is 18.1 Å². The van der Waals surface area contributed by atoms with Crippen molar-refractivity contribution in [1.82, 2.24) is 20.9 Å². The second kappa shape index (κ2) is 15.6. The summed E-state index contributed by atoms with van der Waals surface area (Å²) in [5, 5.41) is 26.8. The number of nitrogens with one attached hydrogen (secondary N) is 4. The average molecular weight is 561 g/mol. The Hall–Kier alpha value is -3.97. The highest BCUT2D eigenvalue weighted by atomic mass is 16.4. The maximum atomic E-state index is 13.6. The minimum absolute atomic E-state index is 0.0860. The number of aromatic amines is 1. The van der Waals surface area contributed by atoms with Crippen molar-refractivity contribution < 1.29 is 34.2 Å². The first-order chi connectivity index (χ1) is 19.0. The van der Waals surface area contributed by atoms with E-state index in [2.05, 4.69) is 20.9 Å². The predicted molar refractivity (Wildman–Crippen MR) is 148 cm³/mol. The van der Waals surface area contributed by atoms with Crippen LogP contribution in [0.5, 0.6) is 0 Å². The summed E-state index contributed by atoms with van der Waals surface area (Å²) in [6.07, 6.45) is 3.16. The summed E-state index contributed by atoms with van der Waals surface area (Å²) in [6, 6.07) is 2.61. The molecule has 5 atom stereocenters. The third kappa shape index (κ3) is 9.35. The first kappa shape index (κ1) is 32.2. The highest BCUT2D eigenvalue weighted by Crippen LogP contribution is 2.20. The van der Waals surface area contributed by atoms with Crippen LogP contribution in [0.2, 0.25) is 0 Å². The van der Waals surface area contributed by atoms with E-state index in [1.807, 2.05) is 24.3 Å². The standard InChI is InChI=1S/C27H40N6O7/c1-3-15(2)23(26(38)32-21(27(39)40)13-22(34)35)33-25(37)20(31-24(36)18(29)9-6-7-11-28)12-16-14-30-19-10-5-4-8-17(16)19/h4-5,8,10,14-15,18,20-21,23,30H,3,6-7,9,11-13,28-29H2,1-2H3,(H,31,36)(H,32,38)(H,33,37)(H,34,35)(H,39,40). The molecule has 0 saturated carbocycles. The third-order valence-corrected chi connectivity index (χ3v) is 6.82. The van der Waals surface area contributed by atoms with Crippen molar-refractivity contribution in [2.45, 2.75) is 76.5 Å². The van der Waals surface area contributed by atoms with Crippen molar-refractivity contribution in [3.63, 3.8) is 0 Å². The number of carbonyl (C=O) groups is 5. The van der Waals surface area contributed by atoms with Gasteiger partial charge in [0.15, 0.2) is 0 Å². The Morgan fingerprint density at radius 1 is 0.950 bits per heavy atom. The van der Waals surface area contributed by atoms with E-state index in [0.29, 0.717) is 32.2 Å². The van der Waals surface area contributed by atoms with Gasteiger partial charge in [-0.1, -0.05) is 44.9 Å². The van der Waals surface area contributed by atoms with Gasteiger partial charge in [-0.05, 0) is 36.9 Å². The molecule has 0 aliphatic carbocycles. The van der Waals surface area contributed by atoms with Gasteiger partial charge in [-0.3, -0.25) is 19.2 Å². The molecule has 13 nitrogen and oxygen atoms in total. The van der Waals surface area contributed by atoms with Crippen LogP contribution in [0.1, 0.15) is 51.5 Å². The predicted octanol–water partition coefficient (Wildman–Crippen LogP) is 0.227. The number of rotatable bonds is 17. The molecule has 0 saturated heterocycles. The summed E-state index contributed by atoms with van der Waals surface area (Å²) < 4.78 is 0. The summed E-state index contributed by atoms with van der Waals surface area (Å²) in [5.74, 6) is -5.40. The zero-order valence-electron chi connectivity index (χ0n) is 22.8. The molecule has 5 unspecified atom stereocenters. The molecule has 2 aromatic rings. The van der Waals surface area contributed by atoms with Gasteiger partial charge in [0.05, 0.1) is 12.5 Å². The van der Waals surface area contributed by atoms with Crippen molar-refractivity contribution in [3.8, 4) is 0 Å². The van der Waals surface area contributed by atoms with Crippen LogP contribution >= 0.6 is 0 Å². The fourth-order valence-corrected chi connectivity index (χ4v) is 4.24. The van der Waals surface area contributed by atoms with E-state index in [1.165, 1.54) is 0 Å². The van der Waals surface area contributed by atoms with Crippen molar-refractivity contribution in [2.24, 2.45) is 17.4 Å². The fraction of sp³-hybridized carbons (Fsp3) is 0.519. The number of amides is 3. The lowest BCUT2D eigenvalue weighted by Gasteiger charge is -2.28. The smallest absolute Gasteiger partial charge is 0.326 e. The molecule has 10 N–H and O–H groups in total. The molecular weight excluding hydrogens is 520 g/mol. The van der Waals surface area contributed by atoms with Crippen LogP contribution in [-0.4, -0.2) is 75.6 Å². The van der Waals surface area contributed by atoms with Crippen LogP contribution in [-0.2, 0) is 30.4 Å². The van der Waals surface area contributed by atoms with Gasteiger partial charge in [-0.25, -0.2) is 4.79 Å². The van der Waals surface area contributed by atoms with Crippen molar-refractivity contribution in [1.29, 1.82) is 0 Å². The molecule has 0 aliphatic heterocycles. The average Bonchev–Trinajstić information content (AvgIpc) is 3.32. The highest BCUT2D eigenvalue weighted by molar-refractivity contribution is 5.95. The molecule has 1 heterocycles. The molecule has 1 aromatic carbocycles. The summed E-state index contributed by atoms with van der Waals surface area (Å²) >= 11 is 0. The van der Waals surface area contributed by atoms with E-state index in [4.69, 9.17) is 16.6 Å². The minimum Gasteiger partial charge on any atom is -0.481 e. The summed E-state index contributed by atoms with van der Waals surface area (Å²) in [6.45, 7) is 3.95. The second-order valence-corrected chi connectivity index (χ2v) is 9.88. The maximum Gasteiger partial charge on any atom is 0.326 e. The Morgan fingerprint density at radius 2 is 1.62 bits per heavy atom. The second-order valence-electron chi connectivity index (χ2n) is 9.88. The summed E-state index contributed by atoms with van der Waals surface area (Å²) in [5.41, 5.74) is 13.2. The Labute approximate surface area is 232 Å². The van der Waals surface area contributed by atoms with Crippen LogP contribution in [0.4, 0.5) is 0 Å². The highest BCUT2D eigenvalue weighted by Gasteiger charge is 2.33. The Bertz CT molecular complexity index is 1180. The van der Waals surface area contributed by atoms with Crippen LogP contribution < -0.4 is 27.4 Å². The van der Waals surface area contributed by atoms with Crippen LogP contribution in [0.15, 0.2) is 30.5 Å². The molecule has 0 aliphatic rings. The van der Waals surface area contributed by atoms with E-state index < -0.39 is 66.2 Å². The number of unbranched alkanes of at least 4 members (excludes halogenated alkanes) is 1. The van der Waals surface area contributed by atoms with Crippen molar-refractivity contribution in [2.75, 3.05) is 6.54 Å². The molecule has 3 amide bonds. The quantitative estimate of drug-likeness (QED) is 0.124. The van der Waals surface area contributed by atoms with E-state index in [9.17, 15) is 29.1 Å². The molecule has 13 heteroatoms. The number of nitrogens with two attached hydrogens (primary N) is 2. The first-order valence-electron chi connectivity index (χ1n) is 13.3. The number of carboxylic acid groups (broad SMARTS) is 2. The van der Waals surface area contributed by atoms with E-state index in [0.717, 1.165) is 16.5 Å². The molecular formula is C27H40N6O7. The van der Waals surface area contributed by atoms with E-state index >= 15 is 0 Å². The number of carboxylic acids is 2. The first-order valence-corrected chi connectivity index (χ1v) is 13.3. The third-order valence-electron chi connectivity index (χ3n) is 6.82. The molecule has 1 aromatic heterocycles. The van der Waals surface area contributed by atoms with Gasteiger partial charge in [0, 0.05) is 23.5 Å². The Morgan fingerprint density at radius 3 is 2.25 bits per heavy atom. The van der Waals surface area contributed by atoms with Crippen molar-refractivity contribution in [3.05, 3.63) is 36.0 Å². The normalized spacial score (nSPS) is 14.9. The van der Waals surface area contributed by atoms with Gasteiger partial charge in [-0.15, -0.1) is 0 Å². The lowest BCUT2D eigenvalue weighted by molar-refractivity contribution is -0.147. The molecule has 220 valence electrons. The largest absolute Gasteiger partial charge is 0.481 e. The maximum absolute atomic E-state index is 13.6. The molecule has 0 fully saturated rings. The zero-order chi connectivity index (χ0) is 29.8. The molecule has 0 radical (unpaired) electrons. The molecule has 2 rings (SSSR count). The minimum atomic E-state index is -1.68. The molecule has 40 heavy (non-hydrogen) atoms. The number of benzene rings is 1. The molecule has 0 spiro atoms. The number of carbonyl (C=O) groups excluding carboxylic acids is 3. The molecule has 0 bridgehead atoms. The Kier molecular flexibility index (Phi) is 12.6. The number of fused-ring (bicyclic) bond motifs is 1. The van der Waals surface area contributed by atoms with Crippen LogP contribution in [0, 0.1) is 5.92 Å². The summed E-state index contributed by atoms with van der Waals surface area (Å²) in [7, 11) is 0. The van der Waals surface area contributed by atoms with Gasteiger partial charge in [0.2, 0.25) is 17.7 Å². The number of hydrogen-bond acceptors (Lipinski definition) is 7. The van der Waals surface area contributed by atoms with Crippen LogP contribution in [0.3, 0.4) is 0 Å². The Balaban J connectivity index is 2.30. The monoisotopic (exact) mass is 560 g/mol. The van der Waals surface area contributed by atoms with Gasteiger partial charge in [0.25, 0.3) is 0 Å². The lowest BCUT2D eigenvalue weighted by atomic mass is 9.96. The summed E-state index contributed by atoms with van der Waals surface area (Å²) in [4.78, 5) is 65.2. The van der Waals surface area contributed by atoms with E-state index in [-0.39, 0.29) is 6.42 Å². The number of para-hydroxylation sites is 1. The van der Waals surface area contributed by atoms with Gasteiger partial charge >= 0.3 is 11.9 Å². The number of aliphatic carboxylic acids is 2. The zero-order valence-corrected chi connectivity index (χ0v) is 22.8. The topological polar surface area (TPSA) is 230 Å². The van der Waals surface area contributed by atoms with E-state index in [1.54, 1.807) is 20.0 Å². The van der Waals surface area contributed by atoms with Crippen molar-refractivity contribution >= 4 is 40.6 Å². The van der Waals surface area contributed by atoms with Gasteiger partial charge in [-0.2, -0.15) is 0 Å². The SMILES string of the molecule is CCC(C)C(NC(=O)C(Cc1c[nH]c2ccccc12)NC(=O)C(N)CCCCN)C(=O)NC(CC(=O)O)C(=O)O. The fourth-order valence-electron chi connectivity index (χ4n) is 4.24. The van der Waals surface area contributed by atoms with Gasteiger partial charge < -0.3 is 42.6 Å². The lowest BCUT2D eigenvalue weighted by Crippen LogP contribution is -2.59. The van der Waals surface area contributed by atoms with Crippen LogP contribution in [0.25, 0.3) is 10.9 Å². The number of H-pyrrole nitrogens is 1.